The lowest BCUT2D eigenvalue weighted by Crippen LogP contribution is -2.13. The fourth-order valence-corrected chi connectivity index (χ4v) is 2.83. The van der Waals surface area contributed by atoms with Crippen molar-refractivity contribution in [3.05, 3.63) is 82.0 Å². The van der Waals surface area contributed by atoms with Crippen LogP contribution in [0.5, 0.6) is 0 Å². The topological polar surface area (TPSA) is 66.0 Å². The third kappa shape index (κ3) is 4.34. The van der Waals surface area contributed by atoms with Gasteiger partial charge in [0, 0.05) is 27.4 Å². The van der Waals surface area contributed by atoms with E-state index in [4.69, 9.17) is 27.6 Å². The molecule has 0 atom stereocenters. The van der Waals surface area contributed by atoms with Gasteiger partial charge in [0.1, 0.15) is 23.2 Å². The molecular formula is C20H12Cl2N2O2. The fourth-order valence-electron chi connectivity index (χ4n) is 2.30. The number of halogens is 2. The van der Waals surface area contributed by atoms with Crippen molar-refractivity contribution in [1.29, 1.82) is 5.26 Å². The first-order valence-electron chi connectivity index (χ1n) is 7.59. The Labute approximate surface area is 160 Å². The predicted octanol–water partition coefficient (Wildman–Crippen LogP) is 5.80. The van der Waals surface area contributed by atoms with Crippen LogP contribution in [-0.2, 0) is 4.79 Å². The minimum Gasteiger partial charge on any atom is -0.457 e. The van der Waals surface area contributed by atoms with Crippen LogP contribution in [0.2, 0.25) is 10.0 Å². The van der Waals surface area contributed by atoms with Gasteiger partial charge in [-0.15, -0.1) is 0 Å². The molecule has 1 N–H and O–H groups in total. The zero-order valence-electron chi connectivity index (χ0n) is 13.4. The molecule has 6 heteroatoms. The van der Waals surface area contributed by atoms with Crippen molar-refractivity contribution in [3.8, 4) is 17.4 Å². The molecule has 0 saturated heterocycles. The SMILES string of the molecule is N#CC(=Cc1ccc(-c2ccccc2)o1)C(=O)Nc1cc(Cl)cc(Cl)c1. The van der Waals surface area contributed by atoms with Crippen molar-refractivity contribution in [2.75, 3.05) is 5.32 Å². The fraction of sp³-hybridized carbons (Fsp3) is 0. The van der Waals surface area contributed by atoms with Gasteiger partial charge in [-0.3, -0.25) is 4.79 Å². The van der Waals surface area contributed by atoms with E-state index in [0.717, 1.165) is 5.56 Å². The smallest absolute Gasteiger partial charge is 0.266 e. The molecular weight excluding hydrogens is 371 g/mol. The number of nitrogens with one attached hydrogen (secondary N) is 1. The molecule has 1 aromatic heterocycles. The minimum atomic E-state index is -0.580. The van der Waals surface area contributed by atoms with Gasteiger partial charge in [0.15, 0.2) is 0 Å². The van der Waals surface area contributed by atoms with E-state index in [9.17, 15) is 10.1 Å². The summed E-state index contributed by atoms with van der Waals surface area (Å²) in [6.45, 7) is 0. The number of hydrogen-bond acceptors (Lipinski definition) is 3. The maximum Gasteiger partial charge on any atom is 0.266 e. The van der Waals surface area contributed by atoms with E-state index < -0.39 is 5.91 Å². The Morgan fingerprint density at radius 2 is 1.73 bits per heavy atom. The van der Waals surface area contributed by atoms with Crippen LogP contribution in [-0.4, -0.2) is 5.91 Å². The number of anilines is 1. The highest BCUT2D eigenvalue weighted by Crippen LogP contribution is 2.24. The molecule has 128 valence electrons. The van der Waals surface area contributed by atoms with Crippen LogP contribution < -0.4 is 5.32 Å². The van der Waals surface area contributed by atoms with Gasteiger partial charge in [-0.25, -0.2) is 0 Å². The van der Waals surface area contributed by atoms with Crippen molar-refractivity contribution < 1.29 is 9.21 Å². The average Bonchev–Trinajstić information content (AvgIpc) is 3.08. The van der Waals surface area contributed by atoms with Crippen LogP contribution in [0, 0.1) is 11.3 Å². The van der Waals surface area contributed by atoms with Crippen molar-refractivity contribution in [2.24, 2.45) is 0 Å². The van der Waals surface area contributed by atoms with Gasteiger partial charge in [-0.2, -0.15) is 5.26 Å². The first kappa shape index (κ1) is 17.8. The summed E-state index contributed by atoms with van der Waals surface area (Å²) in [5.41, 5.74) is 1.21. The largest absolute Gasteiger partial charge is 0.457 e. The lowest BCUT2D eigenvalue weighted by Gasteiger charge is -2.05. The number of hydrogen-bond donors (Lipinski definition) is 1. The summed E-state index contributed by atoms with van der Waals surface area (Å²) >= 11 is 11.8. The Morgan fingerprint density at radius 1 is 1.04 bits per heavy atom. The summed E-state index contributed by atoms with van der Waals surface area (Å²) in [5, 5.41) is 12.7. The highest BCUT2D eigenvalue weighted by Gasteiger charge is 2.12. The van der Waals surface area contributed by atoms with Gasteiger partial charge in [-0.1, -0.05) is 53.5 Å². The molecule has 1 amide bonds. The van der Waals surface area contributed by atoms with E-state index in [0.29, 0.717) is 27.3 Å². The Morgan fingerprint density at radius 3 is 2.38 bits per heavy atom. The molecule has 0 unspecified atom stereocenters. The van der Waals surface area contributed by atoms with Gasteiger partial charge >= 0.3 is 0 Å². The Bertz CT molecular complexity index is 998. The summed E-state index contributed by atoms with van der Waals surface area (Å²) in [6.07, 6.45) is 1.38. The first-order valence-corrected chi connectivity index (χ1v) is 8.35. The number of rotatable bonds is 4. The van der Waals surface area contributed by atoms with Crippen LogP contribution in [0.15, 0.2) is 70.7 Å². The monoisotopic (exact) mass is 382 g/mol. The van der Waals surface area contributed by atoms with Gasteiger partial charge < -0.3 is 9.73 Å². The van der Waals surface area contributed by atoms with Crippen LogP contribution in [0.4, 0.5) is 5.69 Å². The third-order valence-electron chi connectivity index (χ3n) is 3.46. The Hall–Kier alpha value is -3.00. The van der Waals surface area contributed by atoms with Crippen molar-refractivity contribution in [2.45, 2.75) is 0 Å². The molecule has 4 nitrogen and oxygen atoms in total. The molecule has 0 spiro atoms. The highest BCUT2D eigenvalue weighted by molar-refractivity contribution is 6.35. The first-order chi connectivity index (χ1) is 12.5. The second-order valence-electron chi connectivity index (χ2n) is 5.35. The maximum absolute atomic E-state index is 12.3. The van der Waals surface area contributed by atoms with Crippen LogP contribution in [0.3, 0.4) is 0 Å². The predicted molar refractivity (Wildman–Crippen MR) is 103 cm³/mol. The molecule has 0 fully saturated rings. The minimum absolute atomic E-state index is 0.102. The lowest BCUT2D eigenvalue weighted by atomic mass is 10.2. The number of nitrogens with zero attached hydrogens (tertiary/aromatic N) is 1. The number of furan rings is 1. The van der Waals surface area contributed by atoms with E-state index in [1.165, 1.54) is 6.08 Å². The van der Waals surface area contributed by atoms with Crippen molar-refractivity contribution in [1.82, 2.24) is 0 Å². The molecule has 26 heavy (non-hydrogen) atoms. The number of amides is 1. The molecule has 2 aromatic carbocycles. The van der Waals surface area contributed by atoms with E-state index in [1.54, 1.807) is 30.3 Å². The van der Waals surface area contributed by atoms with Gasteiger partial charge in [0.05, 0.1) is 0 Å². The van der Waals surface area contributed by atoms with Gasteiger partial charge in [-0.05, 0) is 30.3 Å². The summed E-state index contributed by atoms with van der Waals surface area (Å²) in [6, 6.07) is 19.5. The third-order valence-corrected chi connectivity index (χ3v) is 3.89. The van der Waals surface area contributed by atoms with E-state index in [2.05, 4.69) is 5.32 Å². The highest BCUT2D eigenvalue weighted by atomic mass is 35.5. The molecule has 1 heterocycles. The zero-order chi connectivity index (χ0) is 18.5. The number of benzene rings is 2. The molecule has 0 radical (unpaired) electrons. The Balaban J connectivity index is 1.81. The molecule has 3 rings (SSSR count). The number of carbonyl (C=O) groups is 1. The van der Waals surface area contributed by atoms with E-state index in [-0.39, 0.29) is 5.57 Å². The molecule has 0 aliphatic carbocycles. The zero-order valence-corrected chi connectivity index (χ0v) is 14.9. The summed E-state index contributed by atoms with van der Waals surface area (Å²) < 4.78 is 5.69. The summed E-state index contributed by atoms with van der Waals surface area (Å²) in [4.78, 5) is 12.3. The van der Waals surface area contributed by atoms with E-state index in [1.807, 2.05) is 36.4 Å². The molecule has 0 saturated carbocycles. The molecule has 0 aliphatic rings. The van der Waals surface area contributed by atoms with Gasteiger partial charge in [0.25, 0.3) is 5.91 Å². The summed E-state index contributed by atoms with van der Waals surface area (Å²) in [5.74, 6) is 0.472. The van der Waals surface area contributed by atoms with Crippen LogP contribution in [0.25, 0.3) is 17.4 Å². The number of carbonyl (C=O) groups excluding carboxylic acids is 1. The number of nitriles is 1. The second kappa shape index (κ2) is 7.92. The summed E-state index contributed by atoms with van der Waals surface area (Å²) in [7, 11) is 0. The van der Waals surface area contributed by atoms with Crippen LogP contribution >= 0.6 is 23.2 Å². The van der Waals surface area contributed by atoms with Crippen molar-refractivity contribution in [3.63, 3.8) is 0 Å². The molecule has 3 aromatic rings. The maximum atomic E-state index is 12.3. The lowest BCUT2D eigenvalue weighted by molar-refractivity contribution is -0.112. The standard InChI is InChI=1S/C20H12Cl2N2O2/c21-15-9-16(22)11-17(10-15)24-20(25)14(12-23)8-18-6-7-19(26-18)13-4-2-1-3-5-13/h1-11H,(H,24,25). The van der Waals surface area contributed by atoms with Crippen LogP contribution in [0.1, 0.15) is 5.76 Å². The quantitative estimate of drug-likeness (QED) is 0.457. The van der Waals surface area contributed by atoms with Crippen molar-refractivity contribution >= 4 is 40.9 Å². The molecule has 0 aliphatic heterocycles. The normalized spacial score (nSPS) is 11.0. The van der Waals surface area contributed by atoms with E-state index >= 15 is 0 Å². The Kier molecular flexibility index (Phi) is 5.43. The average molecular weight is 383 g/mol. The van der Waals surface area contributed by atoms with Gasteiger partial charge in [0.2, 0.25) is 0 Å². The second-order valence-corrected chi connectivity index (χ2v) is 6.22. The molecule has 0 bridgehead atoms.